The number of rotatable bonds is 2. The van der Waals surface area contributed by atoms with Gasteiger partial charge in [0.1, 0.15) is 5.60 Å². The van der Waals surface area contributed by atoms with Crippen molar-refractivity contribution in [3.05, 3.63) is 0 Å². The number of carbonyl (C=O) groups is 1. The third-order valence-corrected chi connectivity index (χ3v) is 5.49. The van der Waals surface area contributed by atoms with Gasteiger partial charge in [-0.25, -0.2) is 4.79 Å². The number of likely N-dealkylation sites (tertiary alicyclic amines) is 2. The third-order valence-electron chi connectivity index (χ3n) is 5.49. The minimum atomic E-state index is -0.406. The molecule has 2 saturated heterocycles. The fraction of sp³-hybridized carbons (Fsp3) is 0.947. The van der Waals surface area contributed by atoms with E-state index in [1.54, 1.807) is 0 Å². The Morgan fingerprint density at radius 1 is 1.13 bits per heavy atom. The molecule has 0 bridgehead atoms. The zero-order chi connectivity index (χ0) is 17.4. The molecule has 134 valence electrons. The Morgan fingerprint density at radius 2 is 1.70 bits per heavy atom. The fourth-order valence-corrected chi connectivity index (χ4v) is 4.17. The van der Waals surface area contributed by atoms with Crippen molar-refractivity contribution in [2.45, 2.75) is 85.4 Å². The molecule has 2 aliphatic heterocycles. The van der Waals surface area contributed by atoms with Crippen LogP contribution in [0.4, 0.5) is 4.79 Å². The highest BCUT2D eigenvalue weighted by atomic mass is 16.6. The highest BCUT2D eigenvalue weighted by molar-refractivity contribution is 5.68. The van der Waals surface area contributed by atoms with Crippen LogP contribution in [0.1, 0.15) is 67.7 Å². The number of nitrogens with zero attached hydrogens (tertiary/aromatic N) is 2. The minimum Gasteiger partial charge on any atom is -0.444 e. The third kappa shape index (κ3) is 4.40. The van der Waals surface area contributed by atoms with E-state index in [0.29, 0.717) is 23.4 Å². The summed E-state index contributed by atoms with van der Waals surface area (Å²) in [4.78, 5) is 16.8. The Labute approximate surface area is 142 Å². The predicted octanol–water partition coefficient (Wildman–Crippen LogP) is 4.14. The van der Waals surface area contributed by atoms with Crippen molar-refractivity contribution in [2.24, 2.45) is 11.3 Å². The molecule has 0 radical (unpaired) electrons. The monoisotopic (exact) mass is 324 g/mol. The lowest BCUT2D eigenvalue weighted by Crippen LogP contribution is -2.46. The van der Waals surface area contributed by atoms with E-state index in [0.717, 1.165) is 25.9 Å². The molecule has 2 fully saturated rings. The van der Waals surface area contributed by atoms with E-state index in [4.69, 9.17) is 4.74 Å². The molecule has 4 heteroatoms. The number of piperidine rings is 1. The molecular weight excluding hydrogens is 288 g/mol. The van der Waals surface area contributed by atoms with Gasteiger partial charge in [0, 0.05) is 31.7 Å². The molecule has 1 spiro atoms. The maximum atomic E-state index is 12.3. The van der Waals surface area contributed by atoms with Crippen molar-refractivity contribution in [2.75, 3.05) is 19.6 Å². The van der Waals surface area contributed by atoms with Gasteiger partial charge in [-0.05, 0) is 65.2 Å². The van der Waals surface area contributed by atoms with Crippen LogP contribution in [0.25, 0.3) is 0 Å². The first-order chi connectivity index (χ1) is 10.5. The number of hydrogen-bond donors (Lipinski definition) is 0. The summed E-state index contributed by atoms with van der Waals surface area (Å²) in [5, 5.41) is 0. The zero-order valence-electron chi connectivity index (χ0n) is 16.2. The van der Waals surface area contributed by atoms with Crippen molar-refractivity contribution in [1.82, 2.24) is 9.80 Å². The van der Waals surface area contributed by atoms with Crippen molar-refractivity contribution in [1.29, 1.82) is 0 Å². The van der Waals surface area contributed by atoms with Gasteiger partial charge in [0.05, 0.1) is 0 Å². The molecule has 0 N–H and O–H groups in total. The molecule has 0 aromatic heterocycles. The minimum absolute atomic E-state index is 0.147. The molecule has 0 aromatic rings. The standard InChI is InChI=1S/C19H36N2O2/c1-14(2)16-12-19(13-21(16)15(3)4)8-10-20(11-9-19)17(22)23-18(5,6)7/h14-16H,8-13H2,1-7H3. The summed E-state index contributed by atoms with van der Waals surface area (Å²) in [5.41, 5.74) is -0.00548. The molecule has 2 aliphatic rings. The summed E-state index contributed by atoms with van der Waals surface area (Å²) in [6.07, 6.45) is 3.36. The van der Waals surface area contributed by atoms with Crippen LogP contribution in [0, 0.1) is 11.3 Å². The molecular formula is C19H36N2O2. The molecule has 4 nitrogen and oxygen atoms in total. The number of amides is 1. The van der Waals surface area contributed by atoms with Gasteiger partial charge < -0.3 is 9.64 Å². The van der Waals surface area contributed by atoms with Crippen LogP contribution in [-0.2, 0) is 4.74 Å². The van der Waals surface area contributed by atoms with Crippen LogP contribution in [0.2, 0.25) is 0 Å². The maximum absolute atomic E-state index is 12.3. The summed E-state index contributed by atoms with van der Waals surface area (Å²) >= 11 is 0. The highest BCUT2D eigenvalue weighted by Crippen LogP contribution is 2.46. The van der Waals surface area contributed by atoms with Gasteiger partial charge in [-0.3, -0.25) is 4.90 Å². The SMILES string of the molecule is CC(C)C1CC2(CCN(C(=O)OC(C)(C)C)CC2)CN1C(C)C. The zero-order valence-corrected chi connectivity index (χ0v) is 16.2. The van der Waals surface area contributed by atoms with Gasteiger partial charge in [-0.15, -0.1) is 0 Å². The van der Waals surface area contributed by atoms with Gasteiger partial charge >= 0.3 is 6.09 Å². The highest BCUT2D eigenvalue weighted by Gasteiger charge is 2.47. The first kappa shape index (κ1) is 18.6. The quantitative estimate of drug-likeness (QED) is 0.765. The molecule has 1 amide bonds. The number of ether oxygens (including phenoxy) is 1. The Balaban J connectivity index is 1.97. The maximum Gasteiger partial charge on any atom is 0.410 e. The van der Waals surface area contributed by atoms with E-state index in [9.17, 15) is 4.79 Å². The first-order valence-electron chi connectivity index (χ1n) is 9.27. The fourth-order valence-electron chi connectivity index (χ4n) is 4.17. The largest absolute Gasteiger partial charge is 0.444 e. The molecule has 0 aromatic carbocycles. The number of carbonyl (C=O) groups excluding carboxylic acids is 1. The van der Waals surface area contributed by atoms with Gasteiger partial charge in [0.2, 0.25) is 0 Å². The smallest absolute Gasteiger partial charge is 0.410 e. The van der Waals surface area contributed by atoms with Crippen LogP contribution < -0.4 is 0 Å². The number of hydrogen-bond acceptors (Lipinski definition) is 3. The Morgan fingerprint density at radius 3 is 2.09 bits per heavy atom. The lowest BCUT2D eigenvalue weighted by molar-refractivity contribution is 0.0106. The van der Waals surface area contributed by atoms with Crippen molar-refractivity contribution in [3.63, 3.8) is 0 Å². The Kier molecular flexibility index (Phi) is 5.34. The summed E-state index contributed by atoms with van der Waals surface area (Å²) in [6, 6.07) is 1.29. The second kappa shape index (κ2) is 6.62. The van der Waals surface area contributed by atoms with Crippen LogP contribution in [0.3, 0.4) is 0 Å². The van der Waals surface area contributed by atoms with E-state index < -0.39 is 5.60 Å². The molecule has 2 rings (SSSR count). The average molecular weight is 325 g/mol. The van der Waals surface area contributed by atoms with E-state index in [1.807, 2.05) is 25.7 Å². The summed E-state index contributed by atoms with van der Waals surface area (Å²) in [5.74, 6) is 0.695. The summed E-state index contributed by atoms with van der Waals surface area (Å²) < 4.78 is 5.52. The average Bonchev–Trinajstić information content (AvgIpc) is 2.77. The van der Waals surface area contributed by atoms with Crippen molar-refractivity contribution < 1.29 is 9.53 Å². The molecule has 2 heterocycles. The van der Waals surface area contributed by atoms with Gasteiger partial charge in [0.15, 0.2) is 0 Å². The molecule has 0 saturated carbocycles. The van der Waals surface area contributed by atoms with Gasteiger partial charge in [-0.2, -0.15) is 0 Å². The van der Waals surface area contributed by atoms with Crippen LogP contribution >= 0.6 is 0 Å². The topological polar surface area (TPSA) is 32.8 Å². The first-order valence-corrected chi connectivity index (χ1v) is 9.27. The molecule has 1 atom stereocenters. The van der Waals surface area contributed by atoms with Crippen LogP contribution in [-0.4, -0.2) is 53.2 Å². The second-order valence-electron chi connectivity index (χ2n) is 9.25. The Hall–Kier alpha value is -0.770. The van der Waals surface area contributed by atoms with E-state index in [2.05, 4.69) is 32.6 Å². The predicted molar refractivity (Wildman–Crippen MR) is 94.6 cm³/mol. The lowest BCUT2D eigenvalue weighted by atomic mass is 9.75. The van der Waals surface area contributed by atoms with E-state index in [1.165, 1.54) is 13.0 Å². The van der Waals surface area contributed by atoms with Crippen molar-refractivity contribution >= 4 is 6.09 Å². The summed E-state index contributed by atoms with van der Waals surface area (Å²) in [7, 11) is 0. The van der Waals surface area contributed by atoms with Crippen molar-refractivity contribution in [3.8, 4) is 0 Å². The molecule has 23 heavy (non-hydrogen) atoms. The molecule has 1 unspecified atom stereocenters. The van der Waals surface area contributed by atoms with Gasteiger partial charge in [0.25, 0.3) is 0 Å². The second-order valence-corrected chi connectivity index (χ2v) is 9.25. The van der Waals surface area contributed by atoms with E-state index >= 15 is 0 Å². The van der Waals surface area contributed by atoms with Gasteiger partial charge in [-0.1, -0.05) is 13.8 Å². The van der Waals surface area contributed by atoms with E-state index in [-0.39, 0.29) is 6.09 Å². The normalized spacial score (nSPS) is 25.6. The Bertz CT molecular complexity index is 400. The summed E-state index contributed by atoms with van der Waals surface area (Å²) in [6.45, 7) is 18.0. The van der Waals surface area contributed by atoms with Crippen LogP contribution in [0.15, 0.2) is 0 Å². The molecule has 0 aliphatic carbocycles. The van der Waals surface area contributed by atoms with Crippen LogP contribution in [0.5, 0.6) is 0 Å². The lowest BCUT2D eigenvalue weighted by Gasteiger charge is -2.40.